The number of amides is 1. The topological polar surface area (TPSA) is 89.9 Å². The number of rotatable bonds is 3. The Bertz CT molecular complexity index is 969. The van der Waals surface area contributed by atoms with Crippen LogP contribution in [0.4, 0.5) is 5.69 Å². The zero-order valence-corrected chi connectivity index (χ0v) is 16.5. The molecular formula is C17H13N2NaO4S. The van der Waals surface area contributed by atoms with Gasteiger partial charge in [-0.05, 0) is 36.8 Å². The van der Waals surface area contributed by atoms with E-state index in [2.05, 4.69) is 5.10 Å². The van der Waals surface area contributed by atoms with E-state index < -0.39 is 10.1 Å². The SMILES string of the molecule is CC1=NN(c2ccccc2)C(=O)/C1=C/c1ccccc1S(=O)(=O)[O-].[Na+]. The monoisotopic (exact) mass is 364 g/mol. The predicted molar refractivity (Wildman–Crippen MR) is 89.4 cm³/mol. The third-order valence-corrected chi connectivity index (χ3v) is 4.46. The van der Waals surface area contributed by atoms with Crippen molar-refractivity contribution >= 4 is 33.5 Å². The van der Waals surface area contributed by atoms with Gasteiger partial charge in [-0.25, -0.2) is 8.42 Å². The summed E-state index contributed by atoms with van der Waals surface area (Å²) >= 11 is 0. The third-order valence-electron chi connectivity index (χ3n) is 3.55. The molecule has 122 valence electrons. The number of para-hydroxylation sites is 1. The van der Waals surface area contributed by atoms with Gasteiger partial charge in [0.05, 0.1) is 21.9 Å². The minimum Gasteiger partial charge on any atom is -0.744 e. The van der Waals surface area contributed by atoms with Crippen LogP contribution in [0.3, 0.4) is 0 Å². The van der Waals surface area contributed by atoms with Gasteiger partial charge in [0.15, 0.2) is 0 Å². The first kappa shape index (κ1) is 19.6. The molecule has 0 bridgehead atoms. The zero-order valence-electron chi connectivity index (χ0n) is 13.7. The number of hydrogen-bond acceptors (Lipinski definition) is 5. The van der Waals surface area contributed by atoms with E-state index in [0.717, 1.165) is 0 Å². The summed E-state index contributed by atoms with van der Waals surface area (Å²) in [5, 5.41) is 5.46. The molecule has 1 aliphatic heterocycles. The van der Waals surface area contributed by atoms with E-state index in [4.69, 9.17) is 0 Å². The molecule has 0 radical (unpaired) electrons. The Morgan fingerprint density at radius 1 is 1.04 bits per heavy atom. The average Bonchev–Trinajstić information content (AvgIpc) is 2.83. The Morgan fingerprint density at radius 3 is 2.28 bits per heavy atom. The van der Waals surface area contributed by atoms with Crippen molar-refractivity contribution in [3.8, 4) is 0 Å². The van der Waals surface area contributed by atoms with Gasteiger partial charge in [-0.2, -0.15) is 10.1 Å². The van der Waals surface area contributed by atoms with E-state index in [1.807, 2.05) is 6.07 Å². The molecule has 1 amide bonds. The number of carbonyl (C=O) groups excluding carboxylic acids is 1. The maximum Gasteiger partial charge on any atom is 1.00 e. The molecule has 0 saturated heterocycles. The van der Waals surface area contributed by atoms with E-state index in [-0.39, 0.29) is 51.5 Å². The molecule has 25 heavy (non-hydrogen) atoms. The van der Waals surface area contributed by atoms with Crippen LogP contribution in [-0.2, 0) is 14.9 Å². The predicted octanol–water partition coefficient (Wildman–Crippen LogP) is -0.599. The second-order valence-corrected chi connectivity index (χ2v) is 6.54. The first-order chi connectivity index (χ1) is 11.4. The van der Waals surface area contributed by atoms with Crippen LogP contribution >= 0.6 is 0 Å². The molecule has 6 nitrogen and oxygen atoms in total. The Morgan fingerprint density at radius 2 is 1.64 bits per heavy atom. The van der Waals surface area contributed by atoms with Crippen LogP contribution in [0, 0.1) is 0 Å². The fourth-order valence-electron chi connectivity index (χ4n) is 2.41. The summed E-state index contributed by atoms with van der Waals surface area (Å²) in [5.74, 6) is -0.378. The molecule has 0 spiro atoms. The molecule has 0 unspecified atom stereocenters. The van der Waals surface area contributed by atoms with Crippen LogP contribution in [0.2, 0.25) is 0 Å². The minimum absolute atomic E-state index is 0. The molecule has 1 heterocycles. The van der Waals surface area contributed by atoms with Crippen molar-refractivity contribution in [2.45, 2.75) is 11.8 Å². The Kier molecular flexibility index (Phi) is 5.97. The molecular weight excluding hydrogens is 351 g/mol. The quantitative estimate of drug-likeness (QED) is 0.413. The maximum atomic E-state index is 12.6. The normalized spacial score (nSPS) is 15.9. The zero-order chi connectivity index (χ0) is 17.3. The van der Waals surface area contributed by atoms with Gasteiger partial charge < -0.3 is 4.55 Å². The molecule has 3 rings (SSSR count). The van der Waals surface area contributed by atoms with Crippen molar-refractivity contribution in [1.29, 1.82) is 0 Å². The van der Waals surface area contributed by atoms with Crippen molar-refractivity contribution < 1.29 is 47.3 Å². The van der Waals surface area contributed by atoms with Crippen molar-refractivity contribution in [2.75, 3.05) is 5.01 Å². The van der Waals surface area contributed by atoms with Gasteiger partial charge in [-0.1, -0.05) is 36.4 Å². The summed E-state index contributed by atoms with van der Waals surface area (Å²) < 4.78 is 34.1. The summed E-state index contributed by atoms with van der Waals surface area (Å²) in [6.07, 6.45) is 1.38. The smallest absolute Gasteiger partial charge is 0.744 e. The average molecular weight is 364 g/mol. The molecule has 0 aliphatic carbocycles. The molecule has 0 fully saturated rings. The summed E-state index contributed by atoms with van der Waals surface area (Å²) in [5.41, 5.74) is 1.46. The maximum absolute atomic E-state index is 12.6. The Labute approximate surface area is 167 Å². The fourth-order valence-corrected chi connectivity index (χ4v) is 3.07. The van der Waals surface area contributed by atoms with Crippen molar-refractivity contribution in [1.82, 2.24) is 0 Å². The number of benzene rings is 2. The molecule has 0 aromatic heterocycles. The van der Waals surface area contributed by atoms with Crippen molar-refractivity contribution in [3.63, 3.8) is 0 Å². The van der Waals surface area contributed by atoms with Crippen LogP contribution in [0.15, 0.2) is 70.2 Å². The van der Waals surface area contributed by atoms with E-state index in [1.54, 1.807) is 37.3 Å². The fraction of sp³-hybridized carbons (Fsp3) is 0.0588. The first-order valence-electron chi connectivity index (χ1n) is 7.09. The minimum atomic E-state index is -4.64. The number of nitrogens with zero attached hydrogens (tertiary/aromatic N) is 2. The number of hydrogen-bond donors (Lipinski definition) is 0. The van der Waals surface area contributed by atoms with Gasteiger partial charge in [0, 0.05) is 0 Å². The third kappa shape index (κ3) is 4.08. The Balaban J connectivity index is 0.00000225. The van der Waals surface area contributed by atoms with Gasteiger partial charge >= 0.3 is 29.6 Å². The summed E-state index contributed by atoms with van der Waals surface area (Å²) in [4.78, 5) is 12.2. The van der Waals surface area contributed by atoms with Crippen molar-refractivity contribution in [2.24, 2.45) is 5.10 Å². The van der Waals surface area contributed by atoms with Gasteiger partial charge in [-0.15, -0.1) is 0 Å². The van der Waals surface area contributed by atoms with Crippen LogP contribution in [0.25, 0.3) is 6.08 Å². The second-order valence-electron chi connectivity index (χ2n) is 5.19. The second kappa shape index (κ2) is 7.63. The summed E-state index contributed by atoms with van der Waals surface area (Å²) in [6, 6.07) is 14.6. The molecule has 2 aromatic carbocycles. The van der Waals surface area contributed by atoms with Crippen LogP contribution < -0.4 is 34.6 Å². The van der Waals surface area contributed by atoms with Gasteiger partial charge in [-0.3, -0.25) is 4.79 Å². The number of anilines is 1. The summed E-state index contributed by atoms with van der Waals surface area (Å²) in [6.45, 7) is 1.65. The van der Waals surface area contributed by atoms with E-state index in [0.29, 0.717) is 11.4 Å². The van der Waals surface area contributed by atoms with Crippen LogP contribution in [0.1, 0.15) is 12.5 Å². The molecule has 0 N–H and O–H groups in total. The number of hydrazone groups is 1. The molecule has 8 heteroatoms. The molecule has 2 aromatic rings. The van der Waals surface area contributed by atoms with Gasteiger partial charge in [0.25, 0.3) is 5.91 Å². The van der Waals surface area contributed by atoms with E-state index >= 15 is 0 Å². The number of carbonyl (C=O) groups is 1. The summed E-state index contributed by atoms with van der Waals surface area (Å²) in [7, 11) is -4.64. The Hall–Kier alpha value is -1.77. The molecule has 1 aliphatic rings. The van der Waals surface area contributed by atoms with Gasteiger partial charge in [0.2, 0.25) is 0 Å². The van der Waals surface area contributed by atoms with Crippen LogP contribution in [-0.4, -0.2) is 24.6 Å². The standard InChI is InChI=1S/C17H14N2O4S.Na/c1-12-15(11-13-7-5-6-10-16(13)24(21,22)23)17(20)19(18-12)14-8-3-2-4-9-14;/h2-11H,1H3,(H,21,22,23);/q;+1/p-1/b15-11+;. The van der Waals surface area contributed by atoms with E-state index in [1.165, 1.54) is 29.3 Å². The van der Waals surface area contributed by atoms with Gasteiger partial charge in [0.1, 0.15) is 10.1 Å². The molecule has 0 atom stereocenters. The molecule has 0 saturated carbocycles. The largest absolute Gasteiger partial charge is 1.00 e. The van der Waals surface area contributed by atoms with Crippen LogP contribution in [0.5, 0.6) is 0 Å². The first-order valence-corrected chi connectivity index (χ1v) is 8.50. The van der Waals surface area contributed by atoms with Crippen molar-refractivity contribution in [3.05, 3.63) is 65.7 Å². The van der Waals surface area contributed by atoms with E-state index in [9.17, 15) is 17.8 Å².